The van der Waals surface area contributed by atoms with Crippen LogP contribution < -0.4 is 11.1 Å². The van der Waals surface area contributed by atoms with Crippen molar-refractivity contribution >= 4 is 11.9 Å². The van der Waals surface area contributed by atoms with Gasteiger partial charge in [0.2, 0.25) is 11.9 Å². The van der Waals surface area contributed by atoms with Gasteiger partial charge >= 0.3 is 0 Å². The van der Waals surface area contributed by atoms with Gasteiger partial charge in [0.05, 0.1) is 0 Å². The quantitative estimate of drug-likeness (QED) is 0.479. The SMILES string of the molecule is Nc1nnc(NCc2cccc(O)c2O)[nH]1. The number of benzene rings is 1. The van der Waals surface area contributed by atoms with Crippen LogP contribution in [0.1, 0.15) is 5.56 Å². The lowest BCUT2D eigenvalue weighted by Crippen LogP contribution is -2.01. The molecule has 2 rings (SSSR count). The molecule has 0 atom stereocenters. The lowest BCUT2D eigenvalue weighted by atomic mass is 10.2. The van der Waals surface area contributed by atoms with Gasteiger partial charge in [0, 0.05) is 12.1 Å². The van der Waals surface area contributed by atoms with E-state index >= 15 is 0 Å². The van der Waals surface area contributed by atoms with Crippen molar-refractivity contribution in [3.05, 3.63) is 23.8 Å². The summed E-state index contributed by atoms with van der Waals surface area (Å²) in [5, 5.41) is 28.9. The number of H-pyrrole nitrogens is 1. The van der Waals surface area contributed by atoms with E-state index in [0.717, 1.165) is 0 Å². The zero-order chi connectivity index (χ0) is 11.5. The summed E-state index contributed by atoms with van der Waals surface area (Å²) >= 11 is 0. The fourth-order valence-corrected chi connectivity index (χ4v) is 1.25. The maximum atomic E-state index is 9.52. The molecule has 0 aliphatic rings. The molecule has 6 N–H and O–H groups in total. The summed E-state index contributed by atoms with van der Waals surface area (Å²) in [6.45, 7) is 0.300. The second kappa shape index (κ2) is 3.97. The van der Waals surface area contributed by atoms with E-state index in [4.69, 9.17) is 5.73 Å². The number of nitrogens with one attached hydrogen (secondary N) is 2. The Kier molecular flexibility index (Phi) is 2.50. The van der Waals surface area contributed by atoms with Crippen molar-refractivity contribution in [2.75, 3.05) is 11.1 Å². The van der Waals surface area contributed by atoms with E-state index in [2.05, 4.69) is 20.5 Å². The van der Waals surface area contributed by atoms with Crippen LogP contribution in [0.3, 0.4) is 0 Å². The number of aromatic hydroxyl groups is 2. The van der Waals surface area contributed by atoms with E-state index in [-0.39, 0.29) is 17.4 Å². The van der Waals surface area contributed by atoms with Gasteiger partial charge in [-0.05, 0) is 6.07 Å². The van der Waals surface area contributed by atoms with E-state index in [1.807, 2.05) is 0 Å². The zero-order valence-corrected chi connectivity index (χ0v) is 8.31. The Bertz CT molecular complexity index is 496. The molecule has 0 unspecified atom stereocenters. The minimum absolute atomic E-state index is 0.150. The Morgan fingerprint density at radius 3 is 2.81 bits per heavy atom. The van der Waals surface area contributed by atoms with Crippen molar-refractivity contribution in [1.82, 2.24) is 15.2 Å². The van der Waals surface area contributed by atoms with Crippen LogP contribution >= 0.6 is 0 Å². The third-order valence-corrected chi connectivity index (χ3v) is 2.05. The monoisotopic (exact) mass is 221 g/mol. The number of hydrogen-bond acceptors (Lipinski definition) is 6. The molecular weight excluding hydrogens is 210 g/mol. The van der Waals surface area contributed by atoms with Crippen LogP contribution in [0.2, 0.25) is 0 Å². The number of nitrogens with zero attached hydrogens (tertiary/aromatic N) is 2. The molecule has 1 aromatic carbocycles. The number of aromatic amines is 1. The van der Waals surface area contributed by atoms with Gasteiger partial charge < -0.3 is 21.3 Å². The molecular formula is C9H11N5O2. The summed E-state index contributed by atoms with van der Waals surface area (Å²) in [5.74, 6) is 0.307. The largest absolute Gasteiger partial charge is 0.504 e. The van der Waals surface area contributed by atoms with E-state index in [1.165, 1.54) is 6.07 Å². The summed E-state index contributed by atoms with van der Waals surface area (Å²) in [4.78, 5) is 2.68. The molecule has 0 fully saturated rings. The molecule has 84 valence electrons. The number of nitrogens with two attached hydrogens (primary N) is 1. The van der Waals surface area contributed by atoms with Crippen LogP contribution in [0, 0.1) is 0 Å². The maximum absolute atomic E-state index is 9.52. The first kappa shape index (κ1) is 10.1. The highest BCUT2D eigenvalue weighted by atomic mass is 16.3. The Morgan fingerprint density at radius 1 is 1.31 bits per heavy atom. The van der Waals surface area contributed by atoms with Gasteiger partial charge in [-0.25, -0.2) is 0 Å². The molecule has 0 radical (unpaired) electrons. The van der Waals surface area contributed by atoms with Gasteiger partial charge in [0.1, 0.15) is 0 Å². The van der Waals surface area contributed by atoms with Gasteiger partial charge in [-0.1, -0.05) is 12.1 Å². The third-order valence-electron chi connectivity index (χ3n) is 2.05. The molecule has 0 saturated carbocycles. The highest BCUT2D eigenvalue weighted by molar-refractivity contribution is 5.45. The first-order chi connectivity index (χ1) is 7.66. The molecule has 1 aromatic heterocycles. The number of phenolic OH excluding ortho intramolecular Hbond substituents is 2. The van der Waals surface area contributed by atoms with E-state index in [1.54, 1.807) is 12.1 Å². The number of aromatic nitrogens is 3. The van der Waals surface area contributed by atoms with Gasteiger partial charge in [-0.2, -0.15) is 0 Å². The summed E-state index contributed by atoms with van der Waals surface area (Å²) in [5.41, 5.74) is 5.89. The Balaban J connectivity index is 2.07. The molecule has 0 saturated heterocycles. The number of rotatable bonds is 3. The second-order valence-electron chi connectivity index (χ2n) is 3.20. The molecule has 16 heavy (non-hydrogen) atoms. The Labute approximate surface area is 90.9 Å². The highest BCUT2D eigenvalue weighted by Gasteiger charge is 2.06. The van der Waals surface area contributed by atoms with Crippen LogP contribution in [-0.4, -0.2) is 25.4 Å². The van der Waals surface area contributed by atoms with Crippen LogP contribution in [0.5, 0.6) is 11.5 Å². The standard InChI is InChI=1S/C9H11N5O2/c10-8-12-9(14-13-8)11-4-5-2-1-3-6(15)7(5)16/h1-3,15-16H,4H2,(H4,10,11,12,13,14). The summed E-state index contributed by atoms with van der Waals surface area (Å²) in [6, 6.07) is 4.73. The average molecular weight is 221 g/mol. The number of phenols is 2. The predicted octanol–water partition coefficient (Wildman–Crippen LogP) is 0.410. The molecule has 0 bridgehead atoms. The summed E-state index contributed by atoms with van der Waals surface area (Å²) < 4.78 is 0. The number of nitrogen functional groups attached to an aromatic ring is 1. The number of hydrogen-bond donors (Lipinski definition) is 5. The second-order valence-corrected chi connectivity index (χ2v) is 3.20. The molecule has 0 aliphatic heterocycles. The fourth-order valence-electron chi connectivity index (χ4n) is 1.25. The fraction of sp³-hybridized carbons (Fsp3) is 0.111. The van der Waals surface area contributed by atoms with Gasteiger partial charge in [0.25, 0.3) is 0 Å². The molecule has 2 aromatic rings. The number of para-hydroxylation sites is 1. The minimum atomic E-state index is -0.156. The van der Waals surface area contributed by atoms with Crippen LogP contribution in [0.25, 0.3) is 0 Å². The predicted molar refractivity (Wildman–Crippen MR) is 57.9 cm³/mol. The van der Waals surface area contributed by atoms with Crippen molar-refractivity contribution in [1.29, 1.82) is 0 Å². The molecule has 0 aliphatic carbocycles. The normalized spacial score (nSPS) is 10.2. The lowest BCUT2D eigenvalue weighted by Gasteiger charge is -2.06. The van der Waals surface area contributed by atoms with Crippen molar-refractivity contribution in [3.63, 3.8) is 0 Å². The van der Waals surface area contributed by atoms with Crippen molar-refractivity contribution in [2.24, 2.45) is 0 Å². The molecule has 1 heterocycles. The van der Waals surface area contributed by atoms with E-state index < -0.39 is 0 Å². The first-order valence-corrected chi connectivity index (χ1v) is 4.58. The van der Waals surface area contributed by atoms with E-state index in [9.17, 15) is 10.2 Å². The van der Waals surface area contributed by atoms with Crippen molar-refractivity contribution in [3.8, 4) is 11.5 Å². The lowest BCUT2D eigenvalue weighted by molar-refractivity contribution is 0.400. The van der Waals surface area contributed by atoms with Gasteiger partial charge in [-0.15, -0.1) is 10.2 Å². The van der Waals surface area contributed by atoms with Crippen LogP contribution in [0.15, 0.2) is 18.2 Å². The van der Waals surface area contributed by atoms with Gasteiger partial charge in [0.15, 0.2) is 11.5 Å². The summed E-state index contributed by atoms with van der Waals surface area (Å²) in [7, 11) is 0. The highest BCUT2D eigenvalue weighted by Crippen LogP contribution is 2.28. The Morgan fingerprint density at radius 2 is 2.12 bits per heavy atom. The van der Waals surface area contributed by atoms with Gasteiger partial charge in [-0.3, -0.25) is 4.98 Å². The first-order valence-electron chi connectivity index (χ1n) is 4.58. The molecule has 7 heteroatoms. The number of anilines is 2. The molecule has 0 spiro atoms. The van der Waals surface area contributed by atoms with Crippen LogP contribution in [-0.2, 0) is 6.54 Å². The van der Waals surface area contributed by atoms with E-state index in [0.29, 0.717) is 18.1 Å². The smallest absolute Gasteiger partial charge is 0.223 e. The third kappa shape index (κ3) is 1.97. The topological polar surface area (TPSA) is 120 Å². The van der Waals surface area contributed by atoms with Crippen molar-refractivity contribution < 1.29 is 10.2 Å². The van der Waals surface area contributed by atoms with Crippen LogP contribution in [0.4, 0.5) is 11.9 Å². The minimum Gasteiger partial charge on any atom is -0.504 e. The zero-order valence-electron chi connectivity index (χ0n) is 8.31. The molecule has 7 nitrogen and oxygen atoms in total. The Hall–Kier alpha value is -2.44. The van der Waals surface area contributed by atoms with Crippen molar-refractivity contribution in [2.45, 2.75) is 6.54 Å². The maximum Gasteiger partial charge on any atom is 0.223 e. The summed E-state index contributed by atoms with van der Waals surface area (Å²) in [6.07, 6.45) is 0. The average Bonchev–Trinajstić information content (AvgIpc) is 2.67. The molecule has 0 amide bonds.